The van der Waals surface area contributed by atoms with Gasteiger partial charge >= 0.3 is 0 Å². The lowest BCUT2D eigenvalue weighted by molar-refractivity contribution is 0.346. The van der Waals surface area contributed by atoms with Crippen LogP contribution in [0.4, 0.5) is 0 Å². The van der Waals surface area contributed by atoms with Crippen LogP contribution in [0.5, 0.6) is 0 Å². The molecule has 0 aliphatic rings. The molecule has 0 spiro atoms. The van der Waals surface area contributed by atoms with Crippen LogP contribution >= 0.6 is 0 Å². The predicted molar refractivity (Wildman–Crippen MR) is 68.3 cm³/mol. The smallest absolute Gasteiger partial charge is 0.122 e. The van der Waals surface area contributed by atoms with E-state index in [-0.39, 0.29) is 0 Å². The summed E-state index contributed by atoms with van der Waals surface area (Å²) in [4.78, 5) is 4.39. The van der Waals surface area contributed by atoms with E-state index in [1.807, 2.05) is 6.20 Å². The molecule has 1 rings (SSSR count). The molecule has 0 saturated carbocycles. The minimum Gasteiger partial charge on any atom is -0.334 e. The fraction of sp³-hybridized carbons (Fsp3) is 0.769. The average molecular weight is 223 g/mol. The van der Waals surface area contributed by atoms with Crippen molar-refractivity contribution in [3.63, 3.8) is 0 Å². The van der Waals surface area contributed by atoms with Crippen LogP contribution in [0.1, 0.15) is 46.4 Å². The van der Waals surface area contributed by atoms with E-state index in [2.05, 4.69) is 48.8 Å². The molecule has 1 N–H and O–H groups in total. The first-order valence-electron chi connectivity index (χ1n) is 6.23. The van der Waals surface area contributed by atoms with Crippen LogP contribution in [0.25, 0.3) is 0 Å². The van der Waals surface area contributed by atoms with Gasteiger partial charge in [-0.2, -0.15) is 0 Å². The Bertz CT molecular complexity index is 296. The third kappa shape index (κ3) is 4.79. The summed E-state index contributed by atoms with van der Waals surface area (Å²) in [6.45, 7) is 12.0. The van der Waals surface area contributed by atoms with Crippen LogP contribution in [0.15, 0.2) is 12.4 Å². The van der Waals surface area contributed by atoms with Gasteiger partial charge in [0.15, 0.2) is 0 Å². The Morgan fingerprint density at radius 1 is 1.38 bits per heavy atom. The van der Waals surface area contributed by atoms with Crippen molar-refractivity contribution in [2.75, 3.05) is 6.54 Å². The zero-order valence-electron chi connectivity index (χ0n) is 11.1. The summed E-state index contributed by atoms with van der Waals surface area (Å²) >= 11 is 0. The topological polar surface area (TPSA) is 29.9 Å². The number of imidazole rings is 1. The van der Waals surface area contributed by atoms with E-state index in [9.17, 15) is 0 Å². The van der Waals surface area contributed by atoms with Crippen molar-refractivity contribution in [2.45, 2.75) is 53.6 Å². The zero-order chi connectivity index (χ0) is 12.0. The van der Waals surface area contributed by atoms with Gasteiger partial charge in [0.25, 0.3) is 0 Å². The summed E-state index contributed by atoms with van der Waals surface area (Å²) in [5.41, 5.74) is 0.387. The second-order valence-electron chi connectivity index (χ2n) is 5.52. The quantitative estimate of drug-likeness (QED) is 0.752. The van der Waals surface area contributed by atoms with E-state index in [4.69, 9.17) is 0 Å². The second-order valence-corrected chi connectivity index (χ2v) is 5.52. The maximum absolute atomic E-state index is 4.39. The molecule has 1 heterocycles. The largest absolute Gasteiger partial charge is 0.334 e. The molecule has 0 aromatic carbocycles. The average Bonchev–Trinajstić information content (AvgIpc) is 2.62. The lowest BCUT2D eigenvalue weighted by Gasteiger charge is -2.19. The molecule has 0 saturated heterocycles. The Labute approximate surface area is 99.3 Å². The zero-order valence-corrected chi connectivity index (χ0v) is 11.1. The van der Waals surface area contributed by atoms with Crippen LogP contribution in [0.3, 0.4) is 0 Å². The molecule has 1 aromatic rings. The van der Waals surface area contributed by atoms with Crippen molar-refractivity contribution in [3.8, 4) is 0 Å². The molecule has 0 atom stereocenters. The lowest BCUT2D eigenvalue weighted by atomic mass is 9.92. The van der Waals surface area contributed by atoms with Gasteiger partial charge in [0, 0.05) is 18.9 Å². The maximum atomic E-state index is 4.39. The summed E-state index contributed by atoms with van der Waals surface area (Å²) in [6.07, 6.45) is 6.33. The third-order valence-electron chi connectivity index (χ3n) is 2.61. The first-order valence-corrected chi connectivity index (χ1v) is 6.23. The van der Waals surface area contributed by atoms with Gasteiger partial charge in [-0.3, -0.25) is 0 Å². The van der Waals surface area contributed by atoms with Crippen molar-refractivity contribution in [2.24, 2.45) is 5.41 Å². The van der Waals surface area contributed by atoms with Crippen LogP contribution in [-0.4, -0.2) is 16.1 Å². The second kappa shape index (κ2) is 6.04. The molecule has 3 nitrogen and oxygen atoms in total. The van der Waals surface area contributed by atoms with Gasteiger partial charge in [0.05, 0.1) is 6.54 Å². The third-order valence-corrected chi connectivity index (χ3v) is 2.61. The van der Waals surface area contributed by atoms with Gasteiger partial charge in [-0.1, -0.05) is 27.7 Å². The van der Waals surface area contributed by atoms with E-state index in [1.165, 1.54) is 12.8 Å². The summed E-state index contributed by atoms with van der Waals surface area (Å²) in [6, 6.07) is 0. The van der Waals surface area contributed by atoms with Gasteiger partial charge in [-0.15, -0.1) is 0 Å². The number of hydrogen-bond donors (Lipinski definition) is 1. The number of rotatable bonds is 6. The van der Waals surface area contributed by atoms with E-state index < -0.39 is 0 Å². The van der Waals surface area contributed by atoms with Crippen molar-refractivity contribution >= 4 is 0 Å². The van der Waals surface area contributed by atoms with Gasteiger partial charge in [0.2, 0.25) is 0 Å². The highest BCUT2D eigenvalue weighted by Gasteiger charge is 2.11. The molecular formula is C13H25N3. The SMILES string of the molecule is CCCNCc1nccn1CCC(C)(C)C. The van der Waals surface area contributed by atoms with E-state index in [0.29, 0.717) is 5.41 Å². The van der Waals surface area contributed by atoms with Gasteiger partial charge in [-0.05, 0) is 24.8 Å². The van der Waals surface area contributed by atoms with Gasteiger partial charge in [-0.25, -0.2) is 4.98 Å². The highest BCUT2D eigenvalue weighted by Crippen LogP contribution is 2.19. The molecule has 0 amide bonds. The number of nitrogens with one attached hydrogen (secondary N) is 1. The lowest BCUT2D eigenvalue weighted by Crippen LogP contribution is -2.19. The van der Waals surface area contributed by atoms with Crippen LogP contribution < -0.4 is 5.32 Å². The molecule has 0 radical (unpaired) electrons. The summed E-state index contributed by atoms with van der Waals surface area (Å²) in [5.74, 6) is 1.15. The summed E-state index contributed by atoms with van der Waals surface area (Å²) in [5, 5.41) is 3.39. The molecule has 16 heavy (non-hydrogen) atoms. The summed E-state index contributed by atoms with van der Waals surface area (Å²) in [7, 11) is 0. The monoisotopic (exact) mass is 223 g/mol. The minimum atomic E-state index is 0.387. The Hall–Kier alpha value is -0.830. The van der Waals surface area contributed by atoms with Crippen LogP contribution in [0, 0.1) is 5.41 Å². The van der Waals surface area contributed by atoms with Crippen LogP contribution in [0.2, 0.25) is 0 Å². The first kappa shape index (κ1) is 13.2. The molecule has 0 aliphatic heterocycles. The Morgan fingerprint density at radius 2 is 2.12 bits per heavy atom. The molecule has 0 aliphatic carbocycles. The molecule has 92 valence electrons. The highest BCUT2D eigenvalue weighted by atomic mass is 15.1. The number of nitrogens with zero attached hydrogens (tertiary/aromatic N) is 2. The maximum Gasteiger partial charge on any atom is 0.122 e. The standard InChI is InChI=1S/C13H25N3/c1-5-7-14-11-12-15-8-10-16(12)9-6-13(2,3)4/h8,10,14H,5-7,9,11H2,1-4H3. The molecule has 0 bridgehead atoms. The fourth-order valence-electron chi connectivity index (χ4n) is 1.54. The predicted octanol–water partition coefficient (Wildman–Crippen LogP) is 2.82. The first-order chi connectivity index (χ1) is 7.53. The minimum absolute atomic E-state index is 0.387. The Balaban J connectivity index is 2.44. The van der Waals surface area contributed by atoms with Gasteiger partial charge in [0.1, 0.15) is 5.82 Å². The number of hydrogen-bond acceptors (Lipinski definition) is 2. The Kier molecular flexibility index (Phi) is 5.00. The Morgan fingerprint density at radius 3 is 2.75 bits per heavy atom. The fourth-order valence-corrected chi connectivity index (χ4v) is 1.54. The van der Waals surface area contributed by atoms with Gasteiger partial charge < -0.3 is 9.88 Å². The van der Waals surface area contributed by atoms with Crippen molar-refractivity contribution < 1.29 is 0 Å². The van der Waals surface area contributed by atoms with Crippen molar-refractivity contribution in [1.82, 2.24) is 14.9 Å². The molecule has 1 aromatic heterocycles. The molecule has 0 unspecified atom stereocenters. The van der Waals surface area contributed by atoms with Crippen LogP contribution in [-0.2, 0) is 13.1 Å². The number of aryl methyl sites for hydroxylation is 1. The van der Waals surface area contributed by atoms with E-state index in [0.717, 1.165) is 25.5 Å². The van der Waals surface area contributed by atoms with E-state index in [1.54, 1.807) is 0 Å². The number of aromatic nitrogens is 2. The molecule has 0 fully saturated rings. The van der Waals surface area contributed by atoms with Crippen molar-refractivity contribution in [3.05, 3.63) is 18.2 Å². The normalized spacial score (nSPS) is 12.0. The highest BCUT2D eigenvalue weighted by molar-refractivity contribution is 4.92. The molecular weight excluding hydrogens is 198 g/mol. The van der Waals surface area contributed by atoms with E-state index >= 15 is 0 Å². The summed E-state index contributed by atoms with van der Waals surface area (Å²) < 4.78 is 2.26. The van der Waals surface area contributed by atoms with Crippen molar-refractivity contribution in [1.29, 1.82) is 0 Å². The molecule has 3 heteroatoms.